The van der Waals surface area contributed by atoms with E-state index in [4.69, 9.17) is 5.73 Å². The summed E-state index contributed by atoms with van der Waals surface area (Å²) in [5.74, 6) is -10.2. The van der Waals surface area contributed by atoms with Crippen molar-refractivity contribution in [3.05, 3.63) is 35.4 Å². The Kier molecular flexibility index (Phi) is 36.8. The summed E-state index contributed by atoms with van der Waals surface area (Å²) in [6.45, 7) is 10.7. The van der Waals surface area contributed by atoms with Gasteiger partial charge in [0, 0.05) is 42.4 Å². The Balaban J connectivity index is 1.17. The summed E-state index contributed by atoms with van der Waals surface area (Å²) in [5.41, 5.74) is 6.76. The van der Waals surface area contributed by atoms with Crippen LogP contribution in [0.1, 0.15) is 220 Å². The second-order valence-electron chi connectivity index (χ2n) is 33.8. The molecule has 3 unspecified atom stereocenters. The fourth-order valence-corrected chi connectivity index (χ4v) is 18.7. The van der Waals surface area contributed by atoms with Crippen LogP contribution in [0.25, 0.3) is 0 Å². The molecule has 1 aromatic carbocycles. The zero-order chi connectivity index (χ0) is 82.8. The Bertz CT molecular complexity index is 3420. The normalized spacial score (nSPS) is 32.9. The lowest BCUT2D eigenvalue weighted by Crippen LogP contribution is -2.63. The van der Waals surface area contributed by atoms with Gasteiger partial charge in [0.25, 0.3) is 0 Å². The van der Waals surface area contributed by atoms with E-state index in [0.717, 1.165) is 36.9 Å². The van der Waals surface area contributed by atoms with Crippen molar-refractivity contribution >= 4 is 100 Å². The predicted octanol–water partition coefficient (Wildman–Crippen LogP) is 0.461. The molecule has 638 valence electrons. The first kappa shape index (κ1) is 92.3. The SMILES string of the molecule is CCC[C@@H]1NC(=O)[C@H](CC2CNC3NCCCC23)NC(=O)[C@H]([C@@H](C)O)NC(=O)[C@@H]2CCCNC(=O)CCC[C@H](NC1=O)C(=O)N[C@@H](CC1CCC(O)CC1)C(=O)N[C@@H](C1CCCCC1)C(=O)N[C@@H]([C@@H](C)O)C(=O)N[C@H](C(N)=O)CSCc1cccc(c1)CSCCC(=O)N[C@@H](C(C)(C)C)C(=O)N[C@@H](CC1CCC(O)CC1)C(=O)N2. The van der Waals surface area contributed by atoms with E-state index in [-0.39, 0.29) is 106 Å². The van der Waals surface area contributed by atoms with Gasteiger partial charge in [-0.25, -0.2) is 0 Å². The van der Waals surface area contributed by atoms with Gasteiger partial charge in [-0.2, -0.15) is 23.5 Å². The van der Waals surface area contributed by atoms with Crippen LogP contribution >= 0.6 is 23.5 Å². The number of primary amides is 1. The summed E-state index contributed by atoms with van der Waals surface area (Å²) in [6, 6.07) is -8.03. The lowest BCUT2D eigenvalue weighted by molar-refractivity contribution is -0.138. The van der Waals surface area contributed by atoms with E-state index in [2.05, 4.69) is 74.4 Å². The molecule has 0 radical (unpaired) electrons. The first-order valence-corrected chi connectivity index (χ1v) is 44.0. The Morgan fingerprint density at radius 2 is 1.03 bits per heavy atom. The Hall–Kier alpha value is -7.21. The highest BCUT2D eigenvalue weighted by Crippen LogP contribution is 2.34. The molecule has 114 heavy (non-hydrogen) atoms. The van der Waals surface area contributed by atoms with E-state index in [1.165, 1.54) is 37.4 Å². The number of aliphatic hydroxyl groups excluding tert-OH is 4. The van der Waals surface area contributed by atoms with Gasteiger partial charge < -0.3 is 101 Å². The van der Waals surface area contributed by atoms with E-state index in [1.807, 2.05) is 24.3 Å². The molecule has 0 spiro atoms. The van der Waals surface area contributed by atoms with Crippen molar-refractivity contribution in [3.63, 3.8) is 0 Å². The molecule has 0 aromatic heterocycles. The molecular formula is C80H129N15O17S2. The van der Waals surface area contributed by atoms with Crippen LogP contribution in [-0.4, -0.2) is 225 Å². The van der Waals surface area contributed by atoms with Crippen LogP contribution in [0.15, 0.2) is 24.3 Å². The maximum absolute atomic E-state index is 15.3. The molecule has 4 aliphatic heterocycles. The minimum absolute atomic E-state index is 0.00379. The Morgan fingerprint density at radius 3 is 1.62 bits per heavy atom. The quantitative estimate of drug-likeness (QED) is 0.135. The fourth-order valence-electron chi connectivity index (χ4n) is 16.8. The molecule has 4 bridgehead atoms. The highest BCUT2D eigenvalue weighted by Gasteiger charge is 2.45. The van der Waals surface area contributed by atoms with E-state index in [0.29, 0.717) is 107 Å². The van der Waals surface area contributed by atoms with E-state index in [1.54, 1.807) is 27.7 Å². The fraction of sp³-hybridized carbons (Fsp3) is 0.762. The molecule has 20 N–H and O–H groups in total. The molecule has 3 saturated heterocycles. The molecular weight excluding hydrogens is 1510 g/mol. The van der Waals surface area contributed by atoms with Gasteiger partial charge in [0.2, 0.25) is 76.8 Å². The number of hydrogen-bond acceptors (Lipinski definition) is 21. The van der Waals surface area contributed by atoms with Crippen LogP contribution in [0.4, 0.5) is 0 Å². The number of piperidine rings is 1. The summed E-state index contributed by atoms with van der Waals surface area (Å²) < 4.78 is 0. The lowest BCUT2D eigenvalue weighted by atomic mass is 9.82. The molecule has 4 heterocycles. The van der Waals surface area contributed by atoms with Crippen molar-refractivity contribution in [1.29, 1.82) is 0 Å². The number of fused-ring (bicyclic) bond motifs is 12. The number of amides is 13. The van der Waals surface area contributed by atoms with Crippen molar-refractivity contribution < 1.29 is 82.8 Å². The number of hydrogen-bond donors (Lipinski definition) is 19. The molecule has 7 aliphatic rings. The number of aliphatic hydroxyl groups is 4. The van der Waals surface area contributed by atoms with E-state index >= 15 is 28.8 Å². The number of nitrogens with one attached hydrogen (secondary N) is 14. The van der Waals surface area contributed by atoms with Crippen LogP contribution in [0, 0.1) is 35.0 Å². The first-order valence-electron chi connectivity index (χ1n) is 41.7. The Labute approximate surface area is 678 Å². The van der Waals surface area contributed by atoms with Gasteiger partial charge in [-0.3, -0.25) is 62.3 Å². The number of carbonyl (C=O) groups excluding carboxylic acids is 13. The number of nitrogens with two attached hydrogens (primary N) is 1. The highest BCUT2D eigenvalue weighted by molar-refractivity contribution is 7.98. The monoisotopic (exact) mass is 1640 g/mol. The number of carbonyl (C=O) groups is 13. The minimum atomic E-state index is -1.76. The molecule has 3 saturated carbocycles. The summed E-state index contributed by atoms with van der Waals surface area (Å²) in [4.78, 5) is 191. The average Bonchev–Trinajstić information content (AvgIpc) is 1.20. The molecule has 6 fully saturated rings. The van der Waals surface area contributed by atoms with Crippen molar-refractivity contribution in [2.24, 2.45) is 40.7 Å². The third-order valence-corrected chi connectivity index (χ3v) is 25.6. The van der Waals surface area contributed by atoms with Crippen molar-refractivity contribution in [2.45, 2.75) is 317 Å². The third kappa shape index (κ3) is 28.9. The summed E-state index contributed by atoms with van der Waals surface area (Å²) in [7, 11) is 0. The first-order chi connectivity index (χ1) is 54.3. The van der Waals surface area contributed by atoms with E-state index < -0.39 is 179 Å². The predicted molar refractivity (Wildman–Crippen MR) is 430 cm³/mol. The standard InChI is InChI=1S/C80H129N15O17S2/c1-7-15-55-70(103)86-56-21-12-23-62(100)82-33-14-22-57(72(105)93-64(44(2)96)76(109)89-60(74(107)85-55)39-51-40-84-69-54(51)20-13-34-83-69)87-73(106)58(37-46-24-28-52(98)29-25-46)90-79(112)67(80(4,5)6)92-63(101)32-35-113-41-48-16-11-17-49(36-48)42-114-43-61(68(81)102)91-77(110)65(45(3)97)94-78(111)66(50-18-9-8-10-19-50)95-75(108)59(88-71(56)104)38-47-26-30-53(99)31-27-47/h11,16-17,36,44-47,50-61,64-67,69,83-84,96-99H,7-10,12-15,18-35,37-43H2,1-6H3,(H2,81,102)(H,82,100)(H,85,107)(H,86,103)(H,87,106)(H,88,104)(H,89,109)(H,90,112)(H,91,110)(H,92,101)(H,93,105)(H,94,111)(H,95,108)/t44-,45-,46?,47?,51?,52?,53?,54?,55+,56+,57+,58+,59+,60+,61+,64+,65+,66+,67-,69?/m1/s1. The van der Waals surface area contributed by atoms with Gasteiger partial charge in [0.1, 0.15) is 66.5 Å². The zero-order valence-corrected chi connectivity index (χ0v) is 68.9. The van der Waals surface area contributed by atoms with Crippen LogP contribution in [0.3, 0.4) is 0 Å². The molecule has 3 aliphatic carbocycles. The number of thioether (sulfide) groups is 2. The summed E-state index contributed by atoms with van der Waals surface area (Å²) in [6.07, 6.45) is 3.82. The molecule has 34 heteroatoms. The Morgan fingerprint density at radius 1 is 0.509 bits per heavy atom. The van der Waals surface area contributed by atoms with Gasteiger partial charge in [-0.1, -0.05) is 77.6 Å². The van der Waals surface area contributed by atoms with E-state index in [9.17, 15) is 54.0 Å². The van der Waals surface area contributed by atoms with Crippen LogP contribution < -0.4 is 80.2 Å². The van der Waals surface area contributed by atoms with Crippen molar-refractivity contribution in [2.75, 3.05) is 31.1 Å². The van der Waals surface area contributed by atoms with Crippen LogP contribution in [-0.2, 0) is 73.8 Å². The van der Waals surface area contributed by atoms with Gasteiger partial charge in [0.05, 0.1) is 30.6 Å². The third-order valence-electron chi connectivity index (χ3n) is 23.5. The topological polar surface area (TPSA) is 497 Å². The average molecular weight is 1640 g/mol. The second-order valence-corrected chi connectivity index (χ2v) is 35.9. The molecule has 32 nitrogen and oxygen atoms in total. The highest BCUT2D eigenvalue weighted by atomic mass is 32.2. The molecule has 13 amide bonds. The van der Waals surface area contributed by atoms with Gasteiger partial charge in [-0.05, 0) is 201 Å². The molecule has 1 aromatic rings. The summed E-state index contributed by atoms with van der Waals surface area (Å²) >= 11 is 2.77. The molecule has 16 atom stereocenters. The minimum Gasteiger partial charge on any atom is -0.393 e. The van der Waals surface area contributed by atoms with Crippen molar-refractivity contribution in [3.8, 4) is 0 Å². The largest absolute Gasteiger partial charge is 0.393 e. The van der Waals surface area contributed by atoms with Gasteiger partial charge in [0.15, 0.2) is 0 Å². The second kappa shape index (κ2) is 45.5. The smallest absolute Gasteiger partial charge is 0.245 e. The maximum atomic E-state index is 15.3. The zero-order valence-electron chi connectivity index (χ0n) is 67.3. The van der Waals surface area contributed by atoms with Crippen LogP contribution in [0.5, 0.6) is 0 Å². The molecule has 8 rings (SSSR count). The summed E-state index contributed by atoms with van der Waals surface area (Å²) in [5, 5.41) is 84.5. The number of benzene rings is 1. The van der Waals surface area contributed by atoms with Crippen molar-refractivity contribution in [1.82, 2.24) is 74.4 Å². The maximum Gasteiger partial charge on any atom is 0.245 e. The number of rotatable bonds is 12. The van der Waals surface area contributed by atoms with Gasteiger partial charge >= 0.3 is 0 Å². The van der Waals surface area contributed by atoms with Gasteiger partial charge in [-0.15, -0.1) is 0 Å². The lowest BCUT2D eigenvalue weighted by Gasteiger charge is -2.34. The van der Waals surface area contributed by atoms with Crippen LogP contribution in [0.2, 0.25) is 0 Å².